The molecule has 1 atom stereocenters. The zero-order valence-corrected chi connectivity index (χ0v) is 12.4. The number of hydrogen-bond donors (Lipinski definition) is 0. The molecule has 0 aromatic rings. The molecule has 18 heavy (non-hydrogen) atoms. The van der Waals surface area contributed by atoms with Crippen LogP contribution in [0, 0.1) is 23.7 Å². The largest absolute Gasteiger partial charge is 0.435 e. The minimum Gasteiger partial charge on any atom is -0.435 e. The van der Waals surface area contributed by atoms with Crippen LogP contribution in [-0.2, 0) is 14.3 Å². The van der Waals surface area contributed by atoms with Crippen molar-refractivity contribution in [3.05, 3.63) is 0 Å². The van der Waals surface area contributed by atoms with E-state index in [0.29, 0.717) is 17.9 Å². The molecule has 1 unspecified atom stereocenters. The van der Waals surface area contributed by atoms with E-state index in [2.05, 4.69) is 15.9 Å². The lowest BCUT2D eigenvalue weighted by Gasteiger charge is -2.54. The molecule has 0 N–H and O–H groups in total. The van der Waals surface area contributed by atoms with Crippen molar-refractivity contribution in [1.29, 1.82) is 0 Å². The number of halogens is 1. The first-order valence-corrected chi connectivity index (χ1v) is 8.18. The van der Waals surface area contributed by atoms with Gasteiger partial charge in [-0.1, -0.05) is 15.9 Å². The van der Waals surface area contributed by atoms with Crippen LogP contribution in [0.25, 0.3) is 0 Å². The second-order valence-corrected chi connectivity index (χ2v) is 6.78. The molecule has 4 aliphatic rings. The highest BCUT2D eigenvalue weighted by Gasteiger charge is 2.49. The molecule has 0 heterocycles. The van der Waals surface area contributed by atoms with Crippen LogP contribution in [0.3, 0.4) is 0 Å². The third-order valence-corrected chi connectivity index (χ3v) is 5.35. The van der Waals surface area contributed by atoms with E-state index in [0.717, 1.165) is 11.8 Å². The number of alkyl halides is 1. The molecule has 4 heteroatoms. The van der Waals surface area contributed by atoms with E-state index in [1.165, 1.54) is 32.1 Å². The molecule has 0 aromatic heterocycles. The van der Waals surface area contributed by atoms with Gasteiger partial charge in [0, 0.05) is 0 Å². The van der Waals surface area contributed by atoms with Gasteiger partial charge >= 0.3 is 5.97 Å². The molecular weight excluding hydrogens is 296 g/mol. The van der Waals surface area contributed by atoms with Crippen LogP contribution >= 0.6 is 15.9 Å². The van der Waals surface area contributed by atoms with E-state index in [1.54, 1.807) is 0 Å². The van der Waals surface area contributed by atoms with Gasteiger partial charge in [0.05, 0.1) is 6.10 Å². The van der Waals surface area contributed by atoms with Crippen LogP contribution in [0.2, 0.25) is 0 Å². The predicted octanol–water partition coefficient (Wildman–Crippen LogP) is 3.11. The molecule has 0 aromatic carbocycles. The van der Waals surface area contributed by atoms with Crippen LogP contribution in [0.5, 0.6) is 0 Å². The van der Waals surface area contributed by atoms with Gasteiger partial charge in [0.15, 0.2) is 6.29 Å². The van der Waals surface area contributed by atoms with Crippen LogP contribution in [0.15, 0.2) is 0 Å². The number of rotatable bonds is 4. The van der Waals surface area contributed by atoms with Crippen molar-refractivity contribution in [3.63, 3.8) is 0 Å². The number of hydrogen-bond acceptors (Lipinski definition) is 3. The monoisotopic (exact) mass is 316 g/mol. The van der Waals surface area contributed by atoms with Crippen LogP contribution in [-0.4, -0.2) is 23.7 Å². The van der Waals surface area contributed by atoms with Crippen LogP contribution in [0.1, 0.15) is 39.0 Å². The average molecular weight is 317 g/mol. The Hall–Kier alpha value is -0.0900. The lowest BCUT2D eigenvalue weighted by Crippen LogP contribution is -2.50. The smallest absolute Gasteiger partial charge is 0.318 e. The molecule has 4 saturated carbocycles. The normalized spacial score (nSPS) is 42.9. The van der Waals surface area contributed by atoms with E-state index in [9.17, 15) is 4.79 Å². The van der Waals surface area contributed by atoms with E-state index < -0.39 is 6.29 Å². The van der Waals surface area contributed by atoms with Gasteiger partial charge in [-0.05, 0) is 62.7 Å². The summed E-state index contributed by atoms with van der Waals surface area (Å²) in [4.78, 5) is 11.2. The minimum absolute atomic E-state index is 0.238. The number of carbonyl (C=O) groups excluding carboxylic acids is 1. The summed E-state index contributed by atoms with van der Waals surface area (Å²) >= 11 is 3.10. The average Bonchev–Trinajstić information content (AvgIpc) is 2.32. The summed E-state index contributed by atoms with van der Waals surface area (Å²) in [7, 11) is 0. The minimum atomic E-state index is -0.405. The van der Waals surface area contributed by atoms with Gasteiger partial charge in [-0.25, -0.2) is 0 Å². The first kappa shape index (κ1) is 12.9. The Morgan fingerprint density at radius 3 is 2.22 bits per heavy atom. The summed E-state index contributed by atoms with van der Waals surface area (Å²) < 4.78 is 11.2. The van der Waals surface area contributed by atoms with Crippen molar-refractivity contribution in [2.45, 2.75) is 51.4 Å². The number of ether oxygens (including phenoxy) is 2. The first-order chi connectivity index (χ1) is 8.65. The van der Waals surface area contributed by atoms with Gasteiger partial charge in [0.1, 0.15) is 5.33 Å². The summed E-state index contributed by atoms with van der Waals surface area (Å²) in [5.74, 6) is 3.09. The molecule has 4 aliphatic carbocycles. The molecule has 3 nitrogen and oxygen atoms in total. The highest BCUT2D eigenvalue weighted by atomic mass is 79.9. The highest BCUT2D eigenvalue weighted by Crippen LogP contribution is 2.54. The Kier molecular flexibility index (Phi) is 3.68. The SMILES string of the molecule is CC(OC(=O)CBr)OC1C2CC3CC(C2)CC1C3. The standard InChI is InChI=1S/C14H21BrO3/c1-8(17-13(16)7-15)18-14-11-3-9-2-10(5-11)6-12(14)4-9/h8-12,14H,2-7H2,1H3. The molecule has 0 amide bonds. The van der Waals surface area contributed by atoms with Crippen LogP contribution in [0.4, 0.5) is 0 Å². The number of carbonyl (C=O) groups is 1. The Balaban J connectivity index is 1.58. The van der Waals surface area contributed by atoms with Gasteiger partial charge in [-0.2, -0.15) is 0 Å². The summed E-state index contributed by atoms with van der Waals surface area (Å²) in [5, 5.41) is 0.238. The second-order valence-electron chi connectivity index (χ2n) is 6.22. The van der Waals surface area contributed by atoms with Crippen molar-refractivity contribution in [3.8, 4) is 0 Å². The van der Waals surface area contributed by atoms with Gasteiger partial charge < -0.3 is 9.47 Å². The van der Waals surface area contributed by atoms with E-state index in [1.807, 2.05) is 6.92 Å². The lowest BCUT2D eigenvalue weighted by atomic mass is 9.55. The van der Waals surface area contributed by atoms with Gasteiger partial charge in [0.25, 0.3) is 0 Å². The van der Waals surface area contributed by atoms with E-state index in [-0.39, 0.29) is 11.3 Å². The fourth-order valence-electron chi connectivity index (χ4n) is 4.56. The van der Waals surface area contributed by atoms with Crippen molar-refractivity contribution in [2.24, 2.45) is 23.7 Å². The quantitative estimate of drug-likeness (QED) is 0.454. The van der Waals surface area contributed by atoms with Crippen molar-refractivity contribution in [1.82, 2.24) is 0 Å². The Morgan fingerprint density at radius 1 is 1.17 bits per heavy atom. The fourth-order valence-corrected chi connectivity index (χ4v) is 4.70. The predicted molar refractivity (Wildman–Crippen MR) is 71.3 cm³/mol. The maximum atomic E-state index is 11.2. The summed E-state index contributed by atoms with van der Waals surface area (Å²) in [6.45, 7) is 1.84. The maximum Gasteiger partial charge on any atom is 0.318 e. The maximum absolute atomic E-state index is 11.2. The first-order valence-electron chi connectivity index (χ1n) is 7.06. The third kappa shape index (κ3) is 2.46. The van der Waals surface area contributed by atoms with Crippen LogP contribution < -0.4 is 0 Å². The van der Waals surface area contributed by atoms with Crippen molar-refractivity contribution < 1.29 is 14.3 Å². The molecule has 0 aliphatic heterocycles. The number of esters is 1. The molecule has 4 fully saturated rings. The summed E-state index contributed by atoms with van der Waals surface area (Å²) in [6.07, 6.45) is 6.70. The Morgan fingerprint density at radius 2 is 1.72 bits per heavy atom. The molecule has 4 bridgehead atoms. The molecular formula is C14H21BrO3. The van der Waals surface area contributed by atoms with Gasteiger partial charge in [-0.15, -0.1) is 0 Å². The topological polar surface area (TPSA) is 35.5 Å². The van der Waals surface area contributed by atoms with Gasteiger partial charge in [-0.3, -0.25) is 4.79 Å². The molecule has 102 valence electrons. The Bertz CT molecular complexity index is 303. The lowest BCUT2D eigenvalue weighted by molar-refractivity contribution is -0.217. The summed E-state index contributed by atoms with van der Waals surface area (Å²) in [5.41, 5.74) is 0. The van der Waals surface area contributed by atoms with Gasteiger partial charge in [0.2, 0.25) is 0 Å². The van der Waals surface area contributed by atoms with E-state index >= 15 is 0 Å². The Labute approximate surface area is 117 Å². The zero-order chi connectivity index (χ0) is 12.7. The zero-order valence-electron chi connectivity index (χ0n) is 10.8. The molecule has 0 spiro atoms. The third-order valence-electron chi connectivity index (χ3n) is 4.90. The molecule has 4 rings (SSSR count). The molecule has 0 radical (unpaired) electrons. The second kappa shape index (κ2) is 5.12. The fraction of sp³-hybridized carbons (Fsp3) is 0.929. The molecule has 0 saturated heterocycles. The summed E-state index contributed by atoms with van der Waals surface area (Å²) in [6, 6.07) is 0. The van der Waals surface area contributed by atoms with Crippen molar-refractivity contribution >= 4 is 21.9 Å². The van der Waals surface area contributed by atoms with Crippen molar-refractivity contribution in [2.75, 3.05) is 5.33 Å². The highest BCUT2D eigenvalue weighted by molar-refractivity contribution is 9.09. The van der Waals surface area contributed by atoms with E-state index in [4.69, 9.17) is 9.47 Å².